The van der Waals surface area contributed by atoms with E-state index in [2.05, 4.69) is 4.72 Å². The van der Waals surface area contributed by atoms with Gasteiger partial charge in [-0.2, -0.15) is 0 Å². The van der Waals surface area contributed by atoms with Crippen molar-refractivity contribution in [3.05, 3.63) is 46.6 Å². The zero-order chi connectivity index (χ0) is 14.0. The average Bonchev–Trinajstić information content (AvgIpc) is 2.82. The van der Waals surface area contributed by atoms with Crippen LogP contribution in [0, 0.1) is 12.7 Å². The van der Waals surface area contributed by atoms with Gasteiger partial charge in [0.15, 0.2) is 0 Å². The molecular formula is C12H12FNO3S2. The van der Waals surface area contributed by atoms with Crippen LogP contribution >= 0.6 is 11.3 Å². The van der Waals surface area contributed by atoms with E-state index in [0.29, 0.717) is 16.8 Å². The quantitative estimate of drug-likeness (QED) is 0.912. The van der Waals surface area contributed by atoms with Crippen LogP contribution < -0.4 is 4.72 Å². The molecule has 0 aliphatic heterocycles. The molecule has 2 rings (SSSR count). The molecule has 19 heavy (non-hydrogen) atoms. The van der Waals surface area contributed by atoms with E-state index in [1.54, 1.807) is 12.3 Å². The van der Waals surface area contributed by atoms with Gasteiger partial charge >= 0.3 is 0 Å². The molecule has 0 radical (unpaired) electrons. The number of thiophene rings is 1. The Balaban J connectivity index is 2.30. The summed E-state index contributed by atoms with van der Waals surface area (Å²) < 4.78 is 39.6. The Morgan fingerprint density at radius 1 is 1.37 bits per heavy atom. The first-order valence-corrected chi connectivity index (χ1v) is 7.76. The number of hydrogen-bond acceptors (Lipinski definition) is 4. The van der Waals surface area contributed by atoms with Crippen molar-refractivity contribution in [2.24, 2.45) is 0 Å². The molecule has 4 nitrogen and oxygen atoms in total. The third kappa shape index (κ3) is 3.12. The van der Waals surface area contributed by atoms with Crippen molar-refractivity contribution in [2.75, 3.05) is 4.72 Å². The van der Waals surface area contributed by atoms with Crippen molar-refractivity contribution in [1.29, 1.82) is 0 Å². The number of aliphatic hydroxyl groups excluding tert-OH is 1. The number of halogens is 1. The topological polar surface area (TPSA) is 66.4 Å². The minimum absolute atomic E-state index is 0.111. The Hall–Kier alpha value is -1.44. The van der Waals surface area contributed by atoms with Crippen LogP contribution in [0.3, 0.4) is 0 Å². The Morgan fingerprint density at radius 2 is 2.11 bits per heavy atom. The molecule has 0 amide bonds. The minimum Gasteiger partial charge on any atom is -0.392 e. The van der Waals surface area contributed by atoms with Crippen LogP contribution in [0.4, 0.5) is 10.1 Å². The molecule has 2 N–H and O–H groups in total. The van der Waals surface area contributed by atoms with Crippen molar-refractivity contribution in [1.82, 2.24) is 0 Å². The first-order valence-electron chi connectivity index (χ1n) is 5.39. The standard InChI is InChI=1S/C12H12FNO3S2/c1-8-4-10(13)2-3-11(8)14-19(16,17)12-5-9(6-15)7-18-12/h2-5,7,14-15H,6H2,1H3. The number of aryl methyl sites for hydroxylation is 1. The van der Waals surface area contributed by atoms with Crippen molar-refractivity contribution in [3.63, 3.8) is 0 Å². The van der Waals surface area contributed by atoms with E-state index in [9.17, 15) is 12.8 Å². The normalized spacial score (nSPS) is 11.5. The summed E-state index contributed by atoms with van der Waals surface area (Å²) in [4.78, 5) is 0. The molecule has 2 aromatic rings. The lowest BCUT2D eigenvalue weighted by Gasteiger charge is -2.09. The molecular weight excluding hydrogens is 289 g/mol. The molecule has 1 aromatic heterocycles. The van der Waals surface area contributed by atoms with Crippen LogP contribution in [0.1, 0.15) is 11.1 Å². The lowest BCUT2D eigenvalue weighted by molar-refractivity contribution is 0.282. The molecule has 1 heterocycles. The van der Waals surface area contributed by atoms with Gasteiger partial charge in [-0.3, -0.25) is 4.72 Å². The maximum Gasteiger partial charge on any atom is 0.271 e. The second kappa shape index (κ2) is 5.28. The summed E-state index contributed by atoms with van der Waals surface area (Å²) in [7, 11) is -3.70. The Kier molecular flexibility index (Phi) is 3.88. The highest BCUT2D eigenvalue weighted by molar-refractivity contribution is 7.94. The lowest BCUT2D eigenvalue weighted by atomic mass is 10.2. The molecule has 0 aliphatic rings. The van der Waals surface area contributed by atoms with E-state index in [-0.39, 0.29) is 10.8 Å². The van der Waals surface area contributed by atoms with E-state index < -0.39 is 15.8 Å². The van der Waals surface area contributed by atoms with E-state index >= 15 is 0 Å². The van der Waals surface area contributed by atoms with Gasteiger partial charge in [0, 0.05) is 0 Å². The summed E-state index contributed by atoms with van der Waals surface area (Å²) in [6.07, 6.45) is 0. The molecule has 0 atom stereocenters. The average molecular weight is 301 g/mol. The Bertz CT molecular complexity index is 695. The van der Waals surface area contributed by atoms with Crippen molar-refractivity contribution in [3.8, 4) is 0 Å². The van der Waals surface area contributed by atoms with Gasteiger partial charge in [-0.15, -0.1) is 11.3 Å². The summed E-state index contributed by atoms with van der Waals surface area (Å²) in [6, 6.07) is 5.23. The number of aliphatic hydroxyl groups is 1. The monoisotopic (exact) mass is 301 g/mol. The van der Waals surface area contributed by atoms with Crippen LogP contribution in [0.25, 0.3) is 0 Å². The zero-order valence-electron chi connectivity index (χ0n) is 10.1. The van der Waals surface area contributed by atoms with Crippen molar-refractivity contribution in [2.45, 2.75) is 17.7 Å². The molecule has 0 saturated carbocycles. The predicted octanol–water partition coefficient (Wildman–Crippen LogP) is 2.49. The molecule has 7 heteroatoms. The van der Waals surface area contributed by atoms with Gasteiger partial charge < -0.3 is 5.11 Å². The fourth-order valence-electron chi connectivity index (χ4n) is 1.51. The number of rotatable bonds is 4. The number of hydrogen-bond donors (Lipinski definition) is 2. The van der Waals surface area contributed by atoms with Gasteiger partial charge in [0.05, 0.1) is 12.3 Å². The SMILES string of the molecule is Cc1cc(F)ccc1NS(=O)(=O)c1cc(CO)cs1. The van der Waals surface area contributed by atoms with Gasteiger partial charge in [-0.25, -0.2) is 12.8 Å². The van der Waals surface area contributed by atoms with Crippen LogP contribution in [0.2, 0.25) is 0 Å². The lowest BCUT2D eigenvalue weighted by Crippen LogP contribution is -2.12. The second-order valence-corrected chi connectivity index (χ2v) is 6.82. The molecule has 0 saturated heterocycles. The molecule has 0 fully saturated rings. The largest absolute Gasteiger partial charge is 0.392 e. The highest BCUT2D eigenvalue weighted by atomic mass is 32.2. The molecule has 1 aromatic carbocycles. The van der Waals surface area contributed by atoms with Crippen LogP contribution in [0.5, 0.6) is 0 Å². The van der Waals surface area contributed by atoms with Gasteiger partial charge in [0.25, 0.3) is 10.0 Å². The molecule has 102 valence electrons. The molecule has 0 aliphatic carbocycles. The number of nitrogens with one attached hydrogen (secondary N) is 1. The fourth-order valence-corrected chi connectivity index (χ4v) is 3.84. The summed E-state index contributed by atoms with van der Waals surface area (Å²) in [5.74, 6) is -0.417. The highest BCUT2D eigenvalue weighted by Crippen LogP contribution is 2.24. The summed E-state index contributed by atoms with van der Waals surface area (Å²) in [5, 5.41) is 10.5. The van der Waals surface area contributed by atoms with Gasteiger partial charge in [0.1, 0.15) is 10.0 Å². The molecule has 0 bridgehead atoms. The van der Waals surface area contributed by atoms with Crippen molar-refractivity contribution < 1.29 is 17.9 Å². The summed E-state index contributed by atoms with van der Waals surface area (Å²) in [5.41, 5.74) is 1.38. The van der Waals surface area contributed by atoms with E-state index in [1.165, 1.54) is 24.3 Å². The van der Waals surface area contributed by atoms with E-state index in [0.717, 1.165) is 11.3 Å². The maximum absolute atomic E-state index is 12.9. The van der Waals surface area contributed by atoms with Crippen LogP contribution in [0.15, 0.2) is 33.9 Å². The number of sulfonamides is 1. The summed E-state index contributed by atoms with van der Waals surface area (Å²) in [6.45, 7) is 1.41. The van der Waals surface area contributed by atoms with Gasteiger partial charge in [-0.05, 0) is 47.7 Å². The molecule has 0 unspecified atom stereocenters. The highest BCUT2D eigenvalue weighted by Gasteiger charge is 2.17. The third-order valence-electron chi connectivity index (χ3n) is 2.51. The Labute approximate surface area is 114 Å². The predicted molar refractivity (Wildman–Crippen MR) is 72.2 cm³/mol. The van der Waals surface area contributed by atoms with Gasteiger partial charge in [-0.1, -0.05) is 0 Å². The zero-order valence-corrected chi connectivity index (χ0v) is 11.7. The summed E-state index contributed by atoms with van der Waals surface area (Å²) >= 11 is 1.02. The third-order valence-corrected chi connectivity index (χ3v) is 5.36. The molecule has 0 spiro atoms. The minimum atomic E-state index is -3.70. The van der Waals surface area contributed by atoms with Crippen LogP contribution in [-0.2, 0) is 16.6 Å². The smallest absolute Gasteiger partial charge is 0.271 e. The van der Waals surface area contributed by atoms with Crippen molar-refractivity contribution >= 4 is 27.0 Å². The number of anilines is 1. The first kappa shape index (κ1) is 14.0. The van der Waals surface area contributed by atoms with E-state index in [4.69, 9.17) is 5.11 Å². The fraction of sp³-hybridized carbons (Fsp3) is 0.167. The second-order valence-electron chi connectivity index (χ2n) is 4.00. The Morgan fingerprint density at radius 3 is 2.68 bits per heavy atom. The maximum atomic E-state index is 12.9. The number of benzene rings is 1. The van der Waals surface area contributed by atoms with Gasteiger partial charge in [0.2, 0.25) is 0 Å². The van der Waals surface area contributed by atoms with E-state index in [1.807, 2.05) is 0 Å². The van der Waals surface area contributed by atoms with Crippen LogP contribution in [-0.4, -0.2) is 13.5 Å². The first-order chi connectivity index (χ1) is 8.92.